The summed E-state index contributed by atoms with van der Waals surface area (Å²) in [6, 6.07) is 4.26. The minimum absolute atomic E-state index is 0.0751. The van der Waals surface area contributed by atoms with Crippen LogP contribution in [-0.4, -0.2) is 0 Å². The second-order valence-corrected chi connectivity index (χ2v) is 4.26. The van der Waals surface area contributed by atoms with Gasteiger partial charge in [0.1, 0.15) is 0 Å². The van der Waals surface area contributed by atoms with Crippen molar-refractivity contribution in [3.63, 3.8) is 0 Å². The maximum atomic E-state index is 6.22. The average molecular weight is 212 g/mol. The van der Waals surface area contributed by atoms with Gasteiger partial charge in [-0.25, -0.2) is 0 Å². The van der Waals surface area contributed by atoms with Crippen LogP contribution in [-0.2, 0) is 0 Å². The van der Waals surface area contributed by atoms with Gasteiger partial charge in [0.2, 0.25) is 0 Å². The first-order valence-electron chi connectivity index (χ1n) is 5.08. The molecule has 2 heteroatoms. The third-order valence-corrected chi connectivity index (χ3v) is 2.94. The van der Waals surface area contributed by atoms with Gasteiger partial charge in [-0.1, -0.05) is 42.6 Å². The highest BCUT2D eigenvalue weighted by Gasteiger charge is 2.11. The van der Waals surface area contributed by atoms with Crippen LogP contribution in [0.25, 0.3) is 0 Å². The molecule has 1 aromatic carbocycles. The Hall–Kier alpha value is -0.530. The minimum atomic E-state index is 0.0751. The van der Waals surface area contributed by atoms with E-state index in [1.807, 2.05) is 6.92 Å². The molecule has 0 aliphatic carbocycles. The molecule has 0 saturated heterocycles. The Labute approximate surface area is 91.3 Å². The summed E-state index contributed by atoms with van der Waals surface area (Å²) in [4.78, 5) is 0. The molecule has 1 unspecified atom stereocenters. The van der Waals surface area contributed by atoms with E-state index < -0.39 is 0 Å². The maximum Gasteiger partial charge on any atom is 0.0483 e. The second-order valence-electron chi connectivity index (χ2n) is 3.88. The molecule has 1 rings (SSSR count). The molecule has 0 aliphatic heterocycles. The summed E-state index contributed by atoms with van der Waals surface area (Å²) in [5.74, 6) is 0. The minimum Gasteiger partial charge on any atom is -0.324 e. The average Bonchev–Trinajstić information content (AvgIpc) is 2.11. The predicted octanol–water partition coefficient (Wildman–Crippen LogP) is 3.76. The normalized spacial score (nSPS) is 12.9. The lowest BCUT2D eigenvalue weighted by molar-refractivity contribution is 0.638. The van der Waals surface area contributed by atoms with Crippen LogP contribution in [0.3, 0.4) is 0 Å². The standard InChI is InChI=1S/C12H18ClN/c1-4-5-11(14)10-7-8(2)6-9(3)12(10)13/h6-7,11H,4-5,14H2,1-3H3. The van der Waals surface area contributed by atoms with Gasteiger partial charge in [0.15, 0.2) is 0 Å². The Morgan fingerprint density at radius 2 is 2.00 bits per heavy atom. The van der Waals surface area contributed by atoms with Crippen molar-refractivity contribution in [1.29, 1.82) is 0 Å². The topological polar surface area (TPSA) is 26.0 Å². The van der Waals surface area contributed by atoms with Crippen molar-refractivity contribution < 1.29 is 0 Å². The van der Waals surface area contributed by atoms with E-state index in [-0.39, 0.29) is 6.04 Å². The van der Waals surface area contributed by atoms with Crippen LogP contribution in [0.4, 0.5) is 0 Å². The molecule has 0 aromatic heterocycles. The van der Waals surface area contributed by atoms with E-state index in [4.69, 9.17) is 17.3 Å². The summed E-state index contributed by atoms with van der Waals surface area (Å²) >= 11 is 6.22. The molecule has 1 atom stereocenters. The summed E-state index contributed by atoms with van der Waals surface area (Å²) in [6.07, 6.45) is 2.08. The molecule has 2 N–H and O–H groups in total. The first-order chi connectivity index (χ1) is 6.56. The maximum absolute atomic E-state index is 6.22. The van der Waals surface area contributed by atoms with E-state index in [0.717, 1.165) is 29.0 Å². The Morgan fingerprint density at radius 1 is 1.36 bits per heavy atom. The van der Waals surface area contributed by atoms with Gasteiger partial charge in [0.25, 0.3) is 0 Å². The predicted molar refractivity (Wildman–Crippen MR) is 62.8 cm³/mol. The lowest BCUT2D eigenvalue weighted by atomic mass is 9.99. The van der Waals surface area contributed by atoms with E-state index in [9.17, 15) is 0 Å². The first kappa shape index (κ1) is 11.5. The van der Waals surface area contributed by atoms with Crippen molar-refractivity contribution in [3.8, 4) is 0 Å². The van der Waals surface area contributed by atoms with Gasteiger partial charge in [-0.3, -0.25) is 0 Å². The van der Waals surface area contributed by atoms with E-state index in [2.05, 4.69) is 26.0 Å². The van der Waals surface area contributed by atoms with Crippen molar-refractivity contribution in [2.24, 2.45) is 5.73 Å². The fraction of sp³-hybridized carbons (Fsp3) is 0.500. The highest BCUT2D eigenvalue weighted by atomic mass is 35.5. The number of benzene rings is 1. The number of halogens is 1. The highest BCUT2D eigenvalue weighted by Crippen LogP contribution is 2.28. The monoisotopic (exact) mass is 211 g/mol. The molecule has 78 valence electrons. The summed E-state index contributed by atoms with van der Waals surface area (Å²) in [6.45, 7) is 6.24. The SMILES string of the molecule is CCCC(N)c1cc(C)cc(C)c1Cl. The second kappa shape index (κ2) is 4.81. The summed E-state index contributed by atoms with van der Waals surface area (Å²) in [5.41, 5.74) is 9.50. The van der Waals surface area contributed by atoms with E-state index in [1.54, 1.807) is 0 Å². The van der Waals surface area contributed by atoms with Crippen LogP contribution >= 0.6 is 11.6 Å². The number of hydrogen-bond donors (Lipinski definition) is 1. The molecule has 1 nitrogen and oxygen atoms in total. The van der Waals surface area contributed by atoms with Gasteiger partial charge >= 0.3 is 0 Å². The van der Waals surface area contributed by atoms with Gasteiger partial charge in [-0.15, -0.1) is 0 Å². The van der Waals surface area contributed by atoms with Crippen molar-refractivity contribution in [2.45, 2.75) is 39.7 Å². The molecule has 0 heterocycles. The van der Waals surface area contributed by atoms with Crippen molar-refractivity contribution in [3.05, 3.63) is 33.8 Å². The lowest BCUT2D eigenvalue weighted by Crippen LogP contribution is -2.11. The van der Waals surface area contributed by atoms with Gasteiger partial charge in [0, 0.05) is 11.1 Å². The van der Waals surface area contributed by atoms with E-state index in [1.165, 1.54) is 5.56 Å². The van der Waals surface area contributed by atoms with E-state index in [0.29, 0.717) is 0 Å². The van der Waals surface area contributed by atoms with Gasteiger partial charge in [-0.05, 0) is 31.4 Å². The van der Waals surface area contributed by atoms with Gasteiger partial charge in [-0.2, -0.15) is 0 Å². The Kier molecular flexibility index (Phi) is 3.97. The van der Waals surface area contributed by atoms with Crippen LogP contribution in [0.5, 0.6) is 0 Å². The number of aryl methyl sites for hydroxylation is 2. The molecular formula is C12H18ClN. The number of hydrogen-bond acceptors (Lipinski definition) is 1. The summed E-state index contributed by atoms with van der Waals surface area (Å²) in [7, 11) is 0. The van der Waals surface area contributed by atoms with Crippen molar-refractivity contribution in [2.75, 3.05) is 0 Å². The molecule has 0 spiro atoms. The molecular weight excluding hydrogens is 194 g/mol. The van der Waals surface area contributed by atoms with Crippen LogP contribution < -0.4 is 5.73 Å². The van der Waals surface area contributed by atoms with Crippen LogP contribution in [0, 0.1) is 13.8 Å². The summed E-state index contributed by atoms with van der Waals surface area (Å²) < 4.78 is 0. The number of rotatable bonds is 3. The lowest BCUT2D eigenvalue weighted by Gasteiger charge is -2.15. The van der Waals surface area contributed by atoms with Crippen LogP contribution in [0.2, 0.25) is 5.02 Å². The quantitative estimate of drug-likeness (QED) is 0.810. The van der Waals surface area contributed by atoms with Gasteiger partial charge < -0.3 is 5.73 Å². The molecule has 0 amide bonds. The van der Waals surface area contributed by atoms with Crippen molar-refractivity contribution >= 4 is 11.6 Å². The number of nitrogens with two attached hydrogens (primary N) is 1. The smallest absolute Gasteiger partial charge is 0.0483 e. The molecule has 0 saturated carbocycles. The zero-order valence-electron chi connectivity index (χ0n) is 9.10. The molecule has 0 fully saturated rings. The third-order valence-electron chi connectivity index (χ3n) is 2.43. The summed E-state index contributed by atoms with van der Waals surface area (Å²) in [5, 5.41) is 0.830. The Bertz CT molecular complexity index is 320. The largest absolute Gasteiger partial charge is 0.324 e. The first-order valence-corrected chi connectivity index (χ1v) is 5.46. The third kappa shape index (κ3) is 2.49. The fourth-order valence-electron chi connectivity index (χ4n) is 1.72. The fourth-order valence-corrected chi connectivity index (χ4v) is 1.97. The van der Waals surface area contributed by atoms with Gasteiger partial charge in [0.05, 0.1) is 0 Å². The Balaban J connectivity index is 3.07. The van der Waals surface area contributed by atoms with Crippen LogP contribution in [0.1, 0.15) is 42.5 Å². The molecule has 0 aliphatic rings. The van der Waals surface area contributed by atoms with Crippen LogP contribution in [0.15, 0.2) is 12.1 Å². The molecule has 14 heavy (non-hydrogen) atoms. The highest BCUT2D eigenvalue weighted by molar-refractivity contribution is 6.32. The van der Waals surface area contributed by atoms with Crippen molar-refractivity contribution in [1.82, 2.24) is 0 Å². The molecule has 0 bridgehead atoms. The molecule has 0 radical (unpaired) electrons. The van der Waals surface area contributed by atoms with E-state index >= 15 is 0 Å². The molecule has 1 aromatic rings. The zero-order chi connectivity index (χ0) is 10.7. The zero-order valence-corrected chi connectivity index (χ0v) is 9.86. The Morgan fingerprint density at radius 3 is 2.57 bits per heavy atom.